The van der Waals surface area contributed by atoms with E-state index >= 15 is 0 Å². The quantitative estimate of drug-likeness (QED) is 0.222. The van der Waals surface area contributed by atoms with Crippen molar-refractivity contribution in [3.63, 3.8) is 0 Å². The number of esters is 1. The number of ether oxygens (including phenoxy) is 1. The Morgan fingerprint density at radius 3 is 2.14 bits per heavy atom. The fraction of sp³-hybridized carbons (Fsp3) is 0.850. The minimum Gasteiger partial charge on any atom is -0.455 e. The van der Waals surface area contributed by atoms with E-state index in [2.05, 4.69) is 34.3 Å². The number of rotatable bonds is 13. The maximum Gasteiger partial charge on any atom is 0.333 e. The van der Waals surface area contributed by atoms with E-state index in [1.54, 1.807) is 6.92 Å². The van der Waals surface area contributed by atoms with Crippen LogP contribution in [0.15, 0.2) is 12.2 Å². The SMILES string of the molecule is C=C(C)C(=O)OC(CC)(CCCCCC)C(CC)CCCC. The maximum atomic E-state index is 12.2. The molecule has 0 aliphatic heterocycles. The average Bonchev–Trinajstić information content (AvgIpc) is 2.51. The fourth-order valence-electron chi connectivity index (χ4n) is 3.29. The zero-order chi connectivity index (χ0) is 17.0. The summed E-state index contributed by atoms with van der Waals surface area (Å²) in [4.78, 5) is 12.2. The first-order valence-corrected chi connectivity index (χ1v) is 9.36. The van der Waals surface area contributed by atoms with Crippen molar-refractivity contribution in [2.75, 3.05) is 0 Å². The van der Waals surface area contributed by atoms with Gasteiger partial charge in [0.05, 0.1) is 0 Å². The first kappa shape index (κ1) is 21.2. The minimum atomic E-state index is -0.298. The van der Waals surface area contributed by atoms with Crippen LogP contribution < -0.4 is 0 Å². The molecule has 22 heavy (non-hydrogen) atoms. The van der Waals surface area contributed by atoms with E-state index in [-0.39, 0.29) is 11.6 Å². The molecule has 0 radical (unpaired) electrons. The molecule has 0 spiro atoms. The predicted molar refractivity (Wildman–Crippen MR) is 96.0 cm³/mol. The molecule has 0 aliphatic rings. The first-order chi connectivity index (χ1) is 10.5. The standard InChI is InChI=1S/C20H38O2/c1-7-11-13-14-16-20(10-4,22-19(21)17(5)6)18(9-3)15-12-8-2/h18H,5,7-16H2,1-4,6H3. The van der Waals surface area contributed by atoms with Crippen molar-refractivity contribution in [2.45, 2.75) is 104 Å². The van der Waals surface area contributed by atoms with Crippen LogP contribution in [-0.2, 0) is 9.53 Å². The van der Waals surface area contributed by atoms with Crippen molar-refractivity contribution in [1.29, 1.82) is 0 Å². The second-order valence-corrected chi connectivity index (χ2v) is 6.65. The maximum absolute atomic E-state index is 12.2. The Labute approximate surface area is 138 Å². The molecule has 0 aliphatic carbocycles. The molecule has 0 aromatic carbocycles. The van der Waals surface area contributed by atoms with Crippen molar-refractivity contribution >= 4 is 5.97 Å². The molecule has 0 aromatic heterocycles. The Hall–Kier alpha value is -0.790. The molecular formula is C20H38O2. The highest BCUT2D eigenvalue weighted by Crippen LogP contribution is 2.38. The van der Waals surface area contributed by atoms with Crippen molar-refractivity contribution in [2.24, 2.45) is 5.92 Å². The van der Waals surface area contributed by atoms with Crippen LogP contribution in [0.4, 0.5) is 0 Å². The van der Waals surface area contributed by atoms with Gasteiger partial charge in [0, 0.05) is 5.57 Å². The van der Waals surface area contributed by atoms with Crippen LogP contribution >= 0.6 is 0 Å². The topological polar surface area (TPSA) is 26.3 Å². The average molecular weight is 311 g/mol. The van der Waals surface area contributed by atoms with E-state index < -0.39 is 0 Å². The smallest absolute Gasteiger partial charge is 0.333 e. The first-order valence-electron chi connectivity index (χ1n) is 9.36. The van der Waals surface area contributed by atoms with Crippen molar-refractivity contribution in [3.05, 3.63) is 12.2 Å². The Morgan fingerprint density at radius 1 is 1.05 bits per heavy atom. The fourth-order valence-corrected chi connectivity index (χ4v) is 3.29. The molecule has 0 saturated heterocycles. The van der Waals surface area contributed by atoms with Gasteiger partial charge in [-0.1, -0.05) is 66.4 Å². The van der Waals surface area contributed by atoms with E-state index in [4.69, 9.17) is 4.74 Å². The summed E-state index contributed by atoms with van der Waals surface area (Å²) in [5, 5.41) is 0. The summed E-state index contributed by atoms with van der Waals surface area (Å²) in [5.74, 6) is 0.245. The molecule has 0 aromatic rings. The summed E-state index contributed by atoms with van der Waals surface area (Å²) in [6, 6.07) is 0. The Morgan fingerprint density at radius 2 is 1.68 bits per heavy atom. The van der Waals surface area contributed by atoms with Gasteiger partial charge in [0.25, 0.3) is 0 Å². The summed E-state index contributed by atoms with van der Waals surface area (Å²) in [5.41, 5.74) is 0.213. The lowest BCUT2D eigenvalue weighted by molar-refractivity contribution is -0.164. The predicted octanol–water partition coefficient (Wildman–Crippen LogP) is 6.44. The van der Waals surface area contributed by atoms with Crippen LogP contribution in [0.2, 0.25) is 0 Å². The monoisotopic (exact) mass is 310 g/mol. The Bertz CT molecular complexity index is 322. The molecule has 2 atom stereocenters. The van der Waals surface area contributed by atoms with Crippen LogP contribution in [0.25, 0.3) is 0 Å². The lowest BCUT2D eigenvalue weighted by Gasteiger charge is -2.40. The van der Waals surface area contributed by atoms with Gasteiger partial charge in [-0.3, -0.25) is 0 Å². The van der Waals surface area contributed by atoms with Gasteiger partial charge in [0.1, 0.15) is 5.60 Å². The normalized spacial score (nSPS) is 15.1. The second-order valence-electron chi connectivity index (χ2n) is 6.65. The third kappa shape index (κ3) is 6.98. The van der Waals surface area contributed by atoms with E-state index in [1.165, 1.54) is 32.1 Å². The van der Waals surface area contributed by atoms with Crippen LogP contribution in [0.3, 0.4) is 0 Å². The van der Waals surface area contributed by atoms with Crippen LogP contribution in [0.1, 0.15) is 98.8 Å². The summed E-state index contributed by atoms with van der Waals surface area (Å²) < 4.78 is 6.04. The molecule has 2 nitrogen and oxygen atoms in total. The number of unbranched alkanes of at least 4 members (excludes halogenated alkanes) is 4. The van der Waals surface area contributed by atoms with E-state index in [9.17, 15) is 4.79 Å². The number of hydrogen-bond acceptors (Lipinski definition) is 2. The van der Waals surface area contributed by atoms with Gasteiger partial charge in [-0.2, -0.15) is 0 Å². The van der Waals surface area contributed by atoms with Gasteiger partial charge in [-0.05, 0) is 44.9 Å². The number of hydrogen-bond donors (Lipinski definition) is 0. The van der Waals surface area contributed by atoms with Gasteiger partial charge in [0.2, 0.25) is 0 Å². The lowest BCUT2D eigenvalue weighted by Crippen LogP contribution is -2.42. The summed E-state index contributed by atoms with van der Waals surface area (Å²) >= 11 is 0. The lowest BCUT2D eigenvalue weighted by atomic mass is 9.76. The van der Waals surface area contributed by atoms with Gasteiger partial charge >= 0.3 is 5.97 Å². The molecule has 130 valence electrons. The summed E-state index contributed by atoms with van der Waals surface area (Å²) in [6.45, 7) is 14.3. The van der Waals surface area contributed by atoms with Gasteiger partial charge < -0.3 is 4.74 Å². The molecule has 2 heteroatoms. The van der Waals surface area contributed by atoms with Crippen molar-refractivity contribution in [1.82, 2.24) is 0 Å². The second kappa shape index (κ2) is 11.7. The highest BCUT2D eigenvalue weighted by Gasteiger charge is 2.39. The Balaban J connectivity index is 5.09. The third-order valence-corrected chi connectivity index (χ3v) is 4.84. The van der Waals surface area contributed by atoms with E-state index in [1.807, 2.05) is 0 Å². The molecule has 0 bridgehead atoms. The van der Waals surface area contributed by atoms with Crippen molar-refractivity contribution in [3.8, 4) is 0 Å². The summed E-state index contributed by atoms with van der Waals surface area (Å²) in [6.07, 6.45) is 11.4. The number of carbonyl (C=O) groups is 1. The van der Waals surface area contributed by atoms with E-state index in [0.717, 1.165) is 32.1 Å². The highest BCUT2D eigenvalue weighted by atomic mass is 16.6. The van der Waals surface area contributed by atoms with Crippen LogP contribution in [0.5, 0.6) is 0 Å². The van der Waals surface area contributed by atoms with Gasteiger partial charge in [0.15, 0.2) is 0 Å². The molecule has 0 N–H and O–H groups in total. The zero-order valence-corrected chi connectivity index (χ0v) is 15.7. The molecule has 0 heterocycles. The van der Waals surface area contributed by atoms with E-state index in [0.29, 0.717) is 11.5 Å². The molecule has 0 rings (SSSR count). The molecule has 0 saturated carbocycles. The van der Waals surface area contributed by atoms with Crippen LogP contribution in [-0.4, -0.2) is 11.6 Å². The minimum absolute atomic E-state index is 0.215. The zero-order valence-electron chi connectivity index (χ0n) is 15.7. The van der Waals surface area contributed by atoms with Gasteiger partial charge in [-0.15, -0.1) is 0 Å². The molecule has 0 fully saturated rings. The third-order valence-electron chi connectivity index (χ3n) is 4.84. The number of carbonyl (C=O) groups excluding carboxylic acids is 1. The molecular weight excluding hydrogens is 272 g/mol. The van der Waals surface area contributed by atoms with Crippen molar-refractivity contribution < 1.29 is 9.53 Å². The molecule has 2 unspecified atom stereocenters. The largest absolute Gasteiger partial charge is 0.455 e. The summed E-state index contributed by atoms with van der Waals surface area (Å²) in [7, 11) is 0. The molecule has 0 amide bonds. The Kier molecular flexibility index (Phi) is 11.3. The van der Waals surface area contributed by atoms with Gasteiger partial charge in [-0.25, -0.2) is 4.79 Å². The van der Waals surface area contributed by atoms with Crippen LogP contribution in [0, 0.1) is 5.92 Å². The highest BCUT2D eigenvalue weighted by molar-refractivity contribution is 5.87.